The van der Waals surface area contributed by atoms with Crippen LogP contribution in [0, 0.1) is 6.92 Å². The molecule has 2 N–H and O–H groups in total. The van der Waals surface area contributed by atoms with Gasteiger partial charge in [-0.25, -0.2) is 0 Å². The van der Waals surface area contributed by atoms with Gasteiger partial charge in [0.2, 0.25) is 0 Å². The van der Waals surface area contributed by atoms with E-state index in [1.165, 1.54) is 9.75 Å². The van der Waals surface area contributed by atoms with Crippen molar-refractivity contribution in [3.8, 4) is 0 Å². The van der Waals surface area contributed by atoms with E-state index in [2.05, 4.69) is 41.8 Å². The number of rotatable bonds is 3. The first-order valence-electron chi connectivity index (χ1n) is 7.33. The van der Waals surface area contributed by atoms with E-state index >= 15 is 0 Å². The molecule has 0 fully saturated rings. The Balaban J connectivity index is 2.00. The van der Waals surface area contributed by atoms with E-state index in [4.69, 9.17) is 0 Å². The van der Waals surface area contributed by atoms with Crippen LogP contribution in [0.15, 0.2) is 30.3 Å². The van der Waals surface area contributed by atoms with Crippen molar-refractivity contribution in [1.29, 1.82) is 0 Å². The van der Waals surface area contributed by atoms with Gasteiger partial charge in [-0.1, -0.05) is 12.1 Å². The number of hydrogen-bond acceptors (Lipinski definition) is 3. The minimum absolute atomic E-state index is 0.0570. The number of fused-ring (bicyclic) bond motifs is 1. The molecule has 0 saturated heterocycles. The maximum absolute atomic E-state index is 12.2. The van der Waals surface area contributed by atoms with Crippen LogP contribution in [0.3, 0.4) is 0 Å². The van der Waals surface area contributed by atoms with Gasteiger partial charge < -0.3 is 10.6 Å². The Hall–Kier alpha value is -1.65. The van der Waals surface area contributed by atoms with E-state index in [0.717, 1.165) is 36.1 Å². The second-order valence-corrected chi connectivity index (χ2v) is 6.77. The molecule has 0 radical (unpaired) electrons. The average molecular weight is 300 g/mol. The first-order valence-corrected chi connectivity index (χ1v) is 8.15. The topological polar surface area (TPSA) is 41.1 Å². The SMILES string of the molecule is CNC(c1ccc2c(c1)C(=O)NCCC2)c1ccc(C)s1. The number of carbonyl (C=O) groups is 1. The molecule has 3 nitrogen and oxygen atoms in total. The van der Waals surface area contributed by atoms with Crippen molar-refractivity contribution in [2.75, 3.05) is 13.6 Å². The Morgan fingerprint density at radius 2 is 2.14 bits per heavy atom. The summed E-state index contributed by atoms with van der Waals surface area (Å²) in [4.78, 5) is 14.8. The van der Waals surface area contributed by atoms with Crippen molar-refractivity contribution >= 4 is 17.2 Å². The Labute approximate surface area is 129 Å². The van der Waals surface area contributed by atoms with E-state index in [9.17, 15) is 4.79 Å². The van der Waals surface area contributed by atoms with E-state index in [-0.39, 0.29) is 11.9 Å². The van der Waals surface area contributed by atoms with Crippen molar-refractivity contribution in [3.05, 3.63) is 56.8 Å². The zero-order chi connectivity index (χ0) is 14.8. The number of nitrogens with one attached hydrogen (secondary N) is 2. The first kappa shape index (κ1) is 14.3. The van der Waals surface area contributed by atoms with Gasteiger partial charge in [-0.3, -0.25) is 4.79 Å². The van der Waals surface area contributed by atoms with Gasteiger partial charge >= 0.3 is 0 Å². The summed E-state index contributed by atoms with van der Waals surface area (Å²) in [7, 11) is 1.96. The number of amides is 1. The molecular weight excluding hydrogens is 280 g/mol. The number of aryl methyl sites for hydroxylation is 2. The predicted octanol–water partition coefficient (Wildman–Crippen LogP) is 3.04. The summed E-state index contributed by atoms with van der Waals surface area (Å²) in [6.07, 6.45) is 1.98. The molecule has 1 aliphatic heterocycles. The minimum Gasteiger partial charge on any atom is -0.352 e. The average Bonchev–Trinajstić information content (AvgIpc) is 2.82. The molecule has 0 bridgehead atoms. The minimum atomic E-state index is 0.0570. The Kier molecular flexibility index (Phi) is 4.08. The molecule has 110 valence electrons. The highest BCUT2D eigenvalue weighted by Crippen LogP contribution is 2.29. The maximum Gasteiger partial charge on any atom is 0.251 e. The summed E-state index contributed by atoms with van der Waals surface area (Å²) in [6.45, 7) is 2.88. The van der Waals surface area contributed by atoms with Crippen LogP contribution >= 0.6 is 11.3 Å². The summed E-state index contributed by atoms with van der Waals surface area (Å²) in [5.74, 6) is 0.0570. The summed E-state index contributed by atoms with van der Waals surface area (Å²) in [5.41, 5.74) is 3.14. The normalized spacial score (nSPS) is 16.0. The van der Waals surface area contributed by atoms with Gasteiger partial charge in [0.1, 0.15) is 0 Å². The summed E-state index contributed by atoms with van der Waals surface area (Å²) in [6, 6.07) is 10.7. The van der Waals surface area contributed by atoms with Crippen molar-refractivity contribution in [2.45, 2.75) is 25.8 Å². The largest absolute Gasteiger partial charge is 0.352 e. The number of benzene rings is 1. The lowest BCUT2D eigenvalue weighted by molar-refractivity contribution is 0.0956. The van der Waals surface area contributed by atoms with Gasteiger partial charge in [-0.15, -0.1) is 11.3 Å². The van der Waals surface area contributed by atoms with Crippen molar-refractivity contribution in [2.24, 2.45) is 0 Å². The van der Waals surface area contributed by atoms with Crippen LogP contribution < -0.4 is 10.6 Å². The third-order valence-corrected chi connectivity index (χ3v) is 5.02. The molecular formula is C17H20N2OS. The Morgan fingerprint density at radius 3 is 2.86 bits per heavy atom. The number of hydrogen-bond donors (Lipinski definition) is 2. The van der Waals surface area contributed by atoms with E-state index < -0.39 is 0 Å². The van der Waals surface area contributed by atoms with Crippen LogP contribution in [0.5, 0.6) is 0 Å². The molecule has 1 unspecified atom stereocenters. The van der Waals surface area contributed by atoms with Crippen molar-refractivity contribution in [1.82, 2.24) is 10.6 Å². The van der Waals surface area contributed by atoms with Gasteiger partial charge in [-0.05, 0) is 56.1 Å². The van der Waals surface area contributed by atoms with Gasteiger partial charge in [-0.2, -0.15) is 0 Å². The molecule has 1 aliphatic rings. The highest BCUT2D eigenvalue weighted by molar-refractivity contribution is 7.12. The third kappa shape index (κ3) is 2.87. The molecule has 4 heteroatoms. The smallest absolute Gasteiger partial charge is 0.251 e. The monoisotopic (exact) mass is 300 g/mol. The zero-order valence-electron chi connectivity index (χ0n) is 12.4. The van der Waals surface area contributed by atoms with Gasteiger partial charge in [0, 0.05) is 21.9 Å². The second kappa shape index (κ2) is 6.00. The van der Waals surface area contributed by atoms with Crippen LogP contribution in [-0.2, 0) is 6.42 Å². The van der Waals surface area contributed by atoms with Crippen LogP contribution in [0.4, 0.5) is 0 Å². The van der Waals surface area contributed by atoms with Gasteiger partial charge in [0.05, 0.1) is 6.04 Å². The van der Waals surface area contributed by atoms with Crippen LogP contribution in [0.25, 0.3) is 0 Å². The molecule has 0 spiro atoms. The van der Waals surface area contributed by atoms with Crippen molar-refractivity contribution < 1.29 is 4.79 Å². The molecule has 1 aromatic carbocycles. The van der Waals surface area contributed by atoms with Gasteiger partial charge in [0.15, 0.2) is 0 Å². The highest BCUT2D eigenvalue weighted by Gasteiger charge is 2.19. The van der Waals surface area contributed by atoms with Crippen LogP contribution in [0.2, 0.25) is 0 Å². The van der Waals surface area contributed by atoms with E-state index in [1.807, 2.05) is 13.1 Å². The molecule has 1 amide bonds. The lowest BCUT2D eigenvalue weighted by Gasteiger charge is -2.17. The number of thiophene rings is 1. The molecule has 0 saturated carbocycles. The zero-order valence-corrected chi connectivity index (χ0v) is 13.2. The fourth-order valence-corrected chi connectivity index (χ4v) is 3.88. The standard InChI is InChI=1S/C17H20N2OS/c1-11-5-8-15(21-11)16(18-2)13-7-6-12-4-3-9-19-17(20)14(12)10-13/h5-8,10,16,18H,3-4,9H2,1-2H3,(H,19,20). The Bertz CT molecular complexity index is 663. The molecule has 2 heterocycles. The fraction of sp³-hybridized carbons (Fsp3) is 0.353. The summed E-state index contributed by atoms with van der Waals surface area (Å²) in [5, 5.41) is 6.34. The quantitative estimate of drug-likeness (QED) is 0.915. The van der Waals surface area contributed by atoms with Crippen LogP contribution in [0.1, 0.15) is 43.7 Å². The molecule has 1 aromatic heterocycles. The predicted molar refractivity (Wildman–Crippen MR) is 87.1 cm³/mol. The van der Waals surface area contributed by atoms with Gasteiger partial charge in [0.25, 0.3) is 5.91 Å². The molecule has 1 atom stereocenters. The van der Waals surface area contributed by atoms with Crippen LogP contribution in [-0.4, -0.2) is 19.5 Å². The first-order chi connectivity index (χ1) is 10.2. The number of carbonyl (C=O) groups excluding carboxylic acids is 1. The van der Waals surface area contributed by atoms with E-state index in [0.29, 0.717) is 0 Å². The molecule has 21 heavy (non-hydrogen) atoms. The summed E-state index contributed by atoms with van der Waals surface area (Å²) < 4.78 is 0. The van der Waals surface area contributed by atoms with Crippen molar-refractivity contribution in [3.63, 3.8) is 0 Å². The molecule has 2 aromatic rings. The third-order valence-electron chi connectivity index (χ3n) is 3.95. The molecule has 3 rings (SSSR count). The summed E-state index contributed by atoms with van der Waals surface area (Å²) >= 11 is 1.79. The highest BCUT2D eigenvalue weighted by atomic mass is 32.1. The van der Waals surface area contributed by atoms with E-state index in [1.54, 1.807) is 11.3 Å². The lowest BCUT2D eigenvalue weighted by atomic mass is 9.97. The Morgan fingerprint density at radius 1 is 1.29 bits per heavy atom. The second-order valence-electron chi connectivity index (χ2n) is 5.45. The fourth-order valence-electron chi connectivity index (χ4n) is 2.86. The lowest BCUT2D eigenvalue weighted by Crippen LogP contribution is -2.23. The maximum atomic E-state index is 12.2. The molecule has 0 aliphatic carbocycles.